The van der Waals surface area contributed by atoms with Crippen molar-refractivity contribution in [2.45, 2.75) is 0 Å². The van der Waals surface area contributed by atoms with E-state index < -0.39 is 0 Å². The largest absolute Gasteiger partial charge is 0.395 e. The highest BCUT2D eigenvalue weighted by Crippen LogP contribution is 2.01. The molecule has 0 spiro atoms. The van der Waals surface area contributed by atoms with Crippen LogP contribution in [0.1, 0.15) is 10.4 Å². The normalized spacial score (nSPS) is 9.81. The van der Waals surface area contributed by atoms with Gasteiger partial charge in [0, 0.05) is 30.9 Å². The van der Waals surface area contributed by atoms with E-state index in [1.165, 1.54) is 23.2 Å². The monoisotopic (exact) mass is 222 g/mol. The van der Waals surface area contributed by atoms with Crippen LogP contribution in [0.25, 0.3) is 0 Å². The summed E-state index contributed by atoms with van der Waals surface area (Å²) in [5.74, 6) is -0.292. The molecule has 5 heteroatoms. The van der Waals surface area contributed by atoms with E-state index in [1.807, 2.05) is 0 Å². The summed E-state index contributed by atoms with van der Waals surface area (Å²) < 4.78 is 0. The molecule has 0 saturated carbocycles. The summed E-state index contributed by atoms with van der Waals surface area (Å²) in [5, 5.41) is 8.82. The van der Waals surface area contributed by atoms with E-state index in [9.17, 15) is 9.59 Å². The fraction of sp³-hybridized carbons (Fsp3) is 0.273. The van der Waals surface area contributed by atoms with E-state index in [2.05, 4.69) is 11.6 Å². The number of aliphatic hydroxyl groups excluding tert-OH is 1. The first-order valence-corrected chi connectivity index (χ1v) is 4.89. The van der Waals surface area contributed by atoms with E-state index in [-0.39, 0.29) is 24.6 Å². The first-order valence-electron chi connectivity index (χ1n) is 4.89. The van der Waals surface area contributed by atoms with Crippen LogP contribution in [0.2, 0.25) is 0 Å². The van der Waals surface area contributed by atoms with Gasteiger partial charge in [-0.05, 0) is 6.07 Å². The second-order valence-corrected chi connectivity index (χ2v) is 3.21. The number of amides is 1. The minimum atomic E-state index is -0.326. The lowest BCUT2D eigenvalue weighted by atomic mass is 10.2. The van der Waals surface area contributed by atoms with Crippen molar-refractivity contribution in [3.05, 3.63) is 46.9 Å². The zero-order valence-electron chi connectivity index (χ0n) is 8.85. The quantitative estimate of drug-likeness (QED) is 0.688. The molecule has 86 valence electrons. The molecular weight excluding hydrogens is 208 g/mol. The molecule has 0 fully saturated rings. The van der Waals surface area contributed by atoms with Gasteiger partial charge in [-0.15, -0.1) is 6.58 Å². The number of carbonyl (C=O) groups is 1. The zero-order valence-corrected chi connectivity index (χ0v) is 8.85. The summed E-state index contributed by atoms with van der Waals surface area (Å²) in [7, 11) is 0. The molecule has 0 saturated heterocycles. The molecule has 0 aliphatic rings. The molecule has 0 aromatic carbocycles. The first-order chi connectivity index (χ1) is 7.69. The molecule has 1 amide bonds. The highest BCUT2D eigenvalue weighted by molar-refractivity contribution is 5.94. The molecule has 0 radical (unpaired) electrons. The minimum absolute atomic E-state index is 0.122. The maximum absolute atomic E-state index is 11.9. The van der Waals surface area contributed by atoms with Gasteiger partial charge in [-0.2, -0.15) is 0 Å². The smallest absolute Gasteiger partial charge is 0.254 e. The minimum Gasteiger partial charge on any atom is -0.395 e. The zero-order chi connectivity index (χ0) is 12.0. The Morgan fingerprint density at radius 2 is 2.38 bits per heavy atom. The second kappa shape index (κ2) is 5.87. The molecule has 1 aromatic rings. The summed E-state index contributed by atoms with van der Waals surface area (Å²) in [6.07, 6.45) is 2.99. The van der Waals surface area contributed by atoms with Gasteiger partial charge in [-0.25, -0.2) is 0 Å². The van der Waals surface area contributed by atoms with Crippen LogP contribution in [0.3, 0.4) is 0 Å². The van der Waals surface area contributed by atoms with Gasteiger partial charge in [0.25, 0.3) is 5.91 Å². The maximum Gasteiger partial charge on any atom is 0.254 e. The topological polar surface area (TPSA) is 73.4 Å². The van der Waals surface area contributed by atoms with Crippen molar-refractivity contribution < 1.29 is 9.90 Å². The molecule has 1 aromatic heterocycles. The van der Waals surface area contributed by atoms with Gasteiger partial charge in [0.15, 0.2) is 0 Å². The molecule has 2 N–H and O–H groups in total. The predicted octanol–water partition coefficient (Wildman–Crippen LogP) is -0.00460. The van der Waals surface area contributed by atoms with E-state index in [4.69, 9.17) is 5.11 Å². The van der Waals surface area contributed by atoms with Crippen molar-refractivity contribution in [3.63, 3.8) is 0 Å². The molecule has 5 nitrogen and oxygen atoms in total. The van der Waals surface area contributed by atoms with Crippen LogP contribution in [0, 0.1) is 0 Å². The number of H-pyrrole nitrogens is 1. The molecule has 0 aliphatic carbocycles. The lowest BCUT2D eigenvalue weighted by Crippen LogP contribution is -2.34. The fourth-order valence-electron chi connectivity index (χ4n) is 1.31. The molecule has 1 rings (SSSR count). The molecule has 1 heterocycles. The van der Waals surface area contributed by atoms with Crippen LogP contribution >= 0.6 is 0 Å². The van der Waals surface area contributed by atoms with E-state index >= 15 is 0 Å². The van der Waals surface area contributed by atoms with Crippen LogP contribution < -0.4 is 5.56 Å². The lowest BCUT2D eigenvalue weighted by Gasteiger charge is -2.19. The van der Waals surface area contributed by atoms with Crippen molar-refractivity contribution in [2.75, 3.05) is 19.7 Å². The summed E-state index contributed by atoms with van der Waals surface area (Å²) in [6, 6.07) is 2.76. The Bertz CT molecular complexity index is 425. The highest BCUT2D eigenvalue weighted by atomic mass is 16.3. The number of pyridine rings is 1. The van der Waals surface area contributed by atoms with E-state index in [0.717, 1.165) is 0 Å². The third-order valence-electron chi connectivity index (χ3n) is 2.03. The average Bonchev–Trinajstić information content (AvgIpc) is 2.28. The summed E-state index contributed by atoms with van der Waals surface area (Å²) in [6.45, 7) is 3.97. The molecule has 16 heavy (non-hydrogen) atoms. The number of aromatic nitrogens is 1. The molecule has 0 atom stereocenters. The summed E-state index contributed by atoms with van der Waals surface area (Å²) in [5.41, 5.74) is -0.0209. The van der Waals surface area contributed by atoms with Crippen molar-refractivity contribution in [1.29, 1.82) is 0 Å². The Morgan fingerprint density at radius 1 is 1.62 bits per heavy atom. The molecule has 0 bridgehead atoms. The number of aromatic amines is 1. The van der Waals surface area contributed by atoms with Crippen LogP contribution in [0.4, 0.5) is 0 Å². The van der Waals surface area contributed by atoms with Gasteiger partial charge >= 0.3 is 0 Å². The average molecular weight is 222 g/mol. The molecule has 0 unspecified atom stereocenters. The van der Waals surface area contributed by atoms with Gasteiger partial charge in [-0.3, -0.25) is 9.59 Å². The van der Waals surface area contributed by atoms with Gasteiger partial charge < -0.3 is 15.0 Å². The Labute approximate surface area is 93.0 Å². The molecule has 0 aliphatic heterocycles. The van der Waals surface area contributed by atoms with E-state index in [0.29, 0.717) is 12.1 Å². The van der Waals surface area contributed by atoms with Crippen LogP contribution in [0.15, 0.2) is 35.8 Å². The Kier molecular flexibility index (Phi) is 4.47. The number of hydrogen-bond acceptors (Lipinski definition) is 3. The Hall–Kier alpha value is -1.88. The number of nitrogens with zero attached hydrogens (tertiary/aromatic N) is 1. The van der Waals surface area contributed by atoms with Crippen molar-refractivity contribution in [2.24, 2.45) is 0 Å². The number of nitrogens with one attached hydrogen (secondary N) is 1. The predicted molar refractivity (Wildman–Crippen MR) is 60.2 cm³/mol. The third kappa shape index (κ3) is 3.06. The maximum atomic E-state index is 11.9. The first kappa shape index (κ1) is 12.2. The van der Waals surface area contributed by atoms with Crippen LogP contribution in [0.5, 0.6) is 0 Å². The van der Waals surface area contributed by atoms with E-state index in [1.54, 1.807) is 6.08 Å². The van der Waals surface area contributed by atoms with Gasteiger partial charge in [0.1, 0.15) is 0 Å². The van der Waals surface area contributed by atoms with Gasteiger partial charge in [-0.1, -0.05) is 6.08 Å². The number of carbonyl (C=O) groups excluding carboxylic acids is 1. The highest BCUT2D eigenvalue weighted by Gasteiger charge is 2.13. The van der Waals surface area contributed by atoms with Crippen molar-refractivity contribution >= 4 is 5.91 Å². The summed E-state index contributed by atoms with van der Waals surface area (Å²) >= 11 is 0. The SMILES string of the molecule is C=CCN(CCO)C(=O)c1cc[nH]c(=O)c1. The van der Waals surface area contributed by atoms with Crippen molar-refractivity contribution in [3.8, 4) is 0 Å². The Morgan fingerprint density at radius 3 is 2.94 bits per heavy atom. The number of aliphatic hydroxyl groups is 1. The second-order valence-electron chi connectivity index (χ2n) is 3.21. The fourth-order valence-corrected chi connectivity index (χ4v) is 1.31. The van der Waals surface area contributed by atoms with Gasteiger partial charge in [0.2, 0.25) is 5.56 Å². The Balaban J connectivity index is 2.89. The molecular formula is C11H14N2O3. The number of rotatable bonds is 5. The summed E-state index contributed by atoms with van der Waals surface area (Å²) in [4.78, 5) is 26.8. The lowest BCUT2D eigenvalue weighted by molar-refractivity contribution is 0.0742. The standard InChI is InChI=1S/C11H14N2O3/c1-2-5-13(6-7-14)11(16)9-3-4-12-10(15)8-9/h2-4,8,14H,1,5-7H2,(H,12,15). The number of hydrogen-bond donors (Lipinski definition) is 2. The van der Waals surface area contributed by atoms with Gasteiger partial charge in [0.05, 0.1) is 6.61 Å². The third-order valence-corrected chi connectivity index (χ3v) is 2.03. The van der Waals surface area contributed by atoms with Crippen LogP contribution in [-0.2, 0) is 0 Å². The van der Waals surface area contributed by atoms with Crippen molar-refractivity contribution in [1.82, 2.24) is 9.88 Å². The van der Waals surface area contributed by atoms with Crippen LogP contribution in [-0.4, -0.2) is 40.6 Å².